The van der Waals surface area contributed by atoms with E-state index >= 15 is 0 Å². The second-order valence-electron chi connectivity index (χ2n) is 12.2. The second-order valence-corrected chi connectivity index (χ2v) is 12.2. The van der Waals surface area contributed by atoms with Crippen molar-refractivity contribution in [2.45, 2.75) is 76.8 Å². The van der Waals surface area contributed by atoms with Gasteiger partial charge in [0.1, 0.15) is 11.6 Å². The van der Waals surface area contributed by atoms with Crippen LogP contribution in [0, 0.1) is 11.3 Å². The summed E-state index contributed by atoms with van der Waals surface area (Å²) < 4.78 is 0. The van der Waals surface area contributed by atoms with E-state index in [-0.39, 0.29) is 11.8 Å². The van der Waals surface area contributed by atoms with Crippen LogP contribution in [0.4, 0.5) is 5.69 Å². The largest absolute Gasteiger partial charge is 0.349 e. The number of likely N-dealkylation sites (tertiary alicyclic amines) is 2. The van der Waals surface area contributed by atoms with Crippen molar-refractivity contribution in [1.82, 2.24) is 29.7 Å². The number of hydrogen-bond donors (Lipinski definition) is 3. The Morgan fingerprint density at radius 2 is 1.56 bits per heavy atom. The van der Waals surface area contributed by atoms with Gasteiger partial charge in [-0.05, 0) is 74.8 Å². The summed E-state index contributed by atoms with van der Waals surface area (Å²) in [5.74, 6) is 1.32. The molecule has 4 heterocycles. The third-order valence-corrected chi connectivity index (χ3v) is 9.45. The van der Waals surface area contributed by atoms with Crippen LogP contribution < -0.4 is 5.32 Å². The minimum Gasteiger partial charge on any atom is -0.349 e. The summed E-state index contributed by atoms with van der Waals surface area (Å²) in [6.07, 6.45) is 19.3. The predicted octanol–water partition coefficient (Wildman–Crippen LogP) is 4.79. The third-order valence-electron chi connectivity index (χ3n) is 9.45. The van der Waals surface area contributed by atoms with E-state index in [1.807, 2.05) is 12.1 Å². The Morgan fingerprint density at radius 3 is 2.18 bits per heavy atom. The van der Waals surface area contributed by atoms with Crippen molar-refractivity contribution >= 4 is 11.6 Å². The molecule has 1 amide bonds. The van der Waals surface area contributed by atoms with Crippen LogP contribution in [0.25, 0.3) is 0 Å². The molecule has 0 bridgehead atoms. The van der Waals surface area contributed by atoms with Gasteiger partial charge in [-0.3, -0.25) is 9.69 Å². The number of nitrogens with zero attached hydrogens (tertiary/aromatic N) is 4. The molecule has 3 fully saturated rings. The van der Waals surface area contributed by atoms with Crippen molar-refractivity contribution in [1.29, 1.82) is 0 Å². The van der Waals surface area contributed by atoms with Crippen LogP contribution in [0.5, 0.6) is 0 Å². The molecule has 1 spiro atoms. The van der Waals surface area contributed by atoms with E-state index in [1.54, 1.807) is 24.8 Å². The maximum atomic E-state index is 13.2. The molecule has 0 unspecified atom stereocenters. The number of amides is 1. The summed E-state index contributed by atoms with van der Waals surface area (Å²) in [6.45, 7) is 6.01. The summed E-state index contributed by atoms with van der Waals surface area (Å²) in [5.41, 5.74) is 2.67. The zero-order valence-corrected chi connectivity index (χ0v) is 23.1. The predicted molar refractivity (Wildman–Crippen MR) is 153 cm³/mol. The number of carbonyl (C=O) groups excluding carboxylic acids is 1. The lowest BCUT2D eigenvalue weighted by Crippen LogP contribution is -2.46. The molecule has 2 saturated heterocycles. The van der Waals surface area contributed by atoms with Gasteiger partial charge < -0.3 is 20.2 Å². The minimum atomic E-state index is -0.271. The third kappa shape index (κ3) is 6.61. The summed E-state index contributed by atoms with van der Waals surface area (Å²) in [4.78, 5) is 33.5. The maximum Gasteiger partial charge on any atom is 0.228 e. The Labute approximate surface area is 232 Å². The Hall–Kier alpha value is -2.97. The second kappa shape index (κ2) is 12.0. The molecule has 3 aromatic rings. The average Bonchev–Trinajstić information content (AvgIpc) is 3.75. The smallest absolute Gasteiger partial charge is 0.228 e. The number of nitrogens with one attached hydrogen (secondary N) is 3. The topological polar surface area (TPSA) is 92.9 Å². The number of benzene rings is 1. The molecule has 208 valence electrons. The lowest BCUT2D eigenvalue weighted by atomic mass is 9.77. The molecule has 6 rings (SSSR count). The van der Waals surface area contributed by atoms with Crippen LogP contribution in [0.2, 0.25) is 0 Å². The lowest BCUT2D eigenvalue weighted by molar-refractivity contribution is -0.119. The quantitative estimate of drug-likeness (QED) is 0.371. The number of carbonyl (C=O) groups is 1. The highest BCUT2D eigenvalue weighted by Crippen LogP contribution is 2.42. The first-order valence-electron chi connectivity index (χ1n) is 15.0. The molecule has 8 nitrogen and oxygen atoms in total. The zero-order valence-electron chi connectivity index (χ0n) is 23.1. The zero-order chi connectivity index (χ0) is 26.5. The monoisotopic (exact) mass is 529 g/mol. The van der Waals surface area contributed by atoms with Gasteiger partial charge in [0, 0.05) is 62.4 Å². The number of rotatable bonds is 9. The lowest BCUT2D eigenvalue weighted by Gasteiger charge is -2.43. The Balaban J connectivity index is 1.00. The average molecular weight is 530 g/mol. The molecule has 0 atom stereocenters. The molecule has 1 saturated carbocycles. The molecule has 0 radical (unpaired) electrons. The van der Waals surface area contributed by atoms with Gasteiger partial charge in [0.05, 0.1) is 5.92 Å². The van der Waals surface area contributed by atoms with E-state index in [0.717, 1.165) is 29.9 Å². The van der Waals surface area contributed by atoms with Gasteiger partial charge >= 0.3 is 0 Å². The summed E-state index contributed by atoms with van der Waals surface area (Å²) in [7, 11) is 0. The van der Waals surface area contributed by atoms with Crippen molar-refractivity contribution in [2.24, 2.45) is 11.3 Å². The van der Waals surface area contributed by atoms with E-state index in [1.165, 1.54) is 83.1 Å². The van der Waals surface area contributed by atoms with E-state index in [0.29, 0.717) is 18.3 Å². The van der Waals surface area contributed by atoms with Gasteiger partial charge in [-0.2, -0.15) is 0 Å². The highest BCUT2D eigenvalue weighted by molar-refractivity contribution is 5.92. The van der Waals surface area contributed by atoms with E-state index < -0.39 is 0 Å². The van der Waals surface area contributed by atoms with Crippen molar-refractivity contribution < 1.29 is 4.79 Å². The van der Waals surface area contributed by atoms with Crippen LogP contribution in [-0.2, 0) is 24.2 Å². The fourth-order valence-corrected chi connectivity index (χ4v) is 7.12. The maximum absolute atomic E-state index is 13.2. The molecule has 8 heteroatoms. The summed E-state index contributed by atoms with van der Waals surface area (Å²) in [6, 6.07) is 9.27. The van der Waals surface area contributed by atoms with E-state index in [2.05, 4.69) is 47.2 Å². The summed E-state index contributed by atoms with van der Waals surface area (Å²) >= 11 is 0. The molecule has 3 N–H and O–H groups in total. The molecule has 3 aliphatic rings. The minimum absolute atomic E-state index is 0.0170. The Kier molecular flexibility index (Phi) is 8.11. The molecule has 1 aromatic carbocycles. The number of aromatic nitrogens is 4. The first kappa shape index (κ1) is 26.3. The van der Waals surface area contributed by atoms with Crippen LogP contribution in [0.1, 0.15) is 68.6 Å². The fraction of sp³-hybridized carbons (Fsp3) is 0.581. The molecular weight excluding hydrogens is 486 g/mol. The van der Waals surface area contributed by atoms with E-state index in [9.17, 15) is 4.79 Å². The standard InChI is InChI=1S/C31H43N7O/c39-30(25(20-28-32-13-14-33-28)21-29-34-15-16-35-29)36-26-8-6-24(7-9-26)22-37-17-10-31(23-37)11-18-38(19-12-31)27-4-2-1-3-5-27/h6-9,13-16,25,27H,1-5,10-12,17-23H2,(H,32,33)(H,34,35)(H,36,39). The van der Waals surface area contributed by atoms with Gasteiger partial charge in [0.2, 0.25) is 5.91 Å². The SMILES string of the molecule is O=C(Nc1ccc(CN2CCC3(CCN(C4CCCCC4)CC3)C2)cc1)C(Cc1ncc[nH]1)Cc1ncc[nH]1. The number of hydrogen-bond acceptors (Lipinski definition) is 5. The Morgan fingerprint density at radius 1 is 0.923 bits per heavy atom. The molecular formula is C31H43N7O. The van der Waals surface area contributed by atoms with Crippen molar-refractivity contribution in [3.8, 4) is 0 Å². The number of imidazole rings is 2. The first-order chi connectivity index (χ1) is 19.1. The molecule has 1 aliphatic carbocycles. The van der Waals surface area contributed by atoms with Gasteiger partial charge in [0.25, 0.3) is 0 Å². The molecule has 2 aliphatic heterocycles. The first-order valence-corrected chi connectivity index (χ1v) is 15.0. The molecule has 2 aromatic heterocycles. The van der Waals surface area contributed by atoms with Crippen molar-refractivity contribution in [3.63, 3.8) is 0 Å². The summed E-state index contributed by atoms with van der Waals surface area (Å²) in [5, 5.41) is 3.12. The van der Waals surface area contributed by atoms with Crippen LogP contribution >= 0.6 is 0 Å². The van der Waals surface area contributed by atoms with E-state index in [4.69, 9.17) is 0 Å². The van der Waals surface area contributed by atoms with Gasteiger partial charge in [-0.15, -0.1) is 0 Å². The number of aromatic amines is 2. The fourth-order valence-electron chi connectivity index (χ4n) is 7.12. The normalized spacial score (nSPS) is 20.6. The van der Waals surface area contributed by atoms with Crippen molar-refractivity contribution in [2.75, 3.05) is 31.5 Å². The number of piperidine rings is 1. The van der Waals surface area contributed by atoms with Gasteiger partial charge in [0.15, 0.2) is 0 Å². The number of anilines is 1. The number of H-pyrrole nitrogens is 2. The molecule has 39 heavy (non-hydrogen) atoms. The van der Waals surface area contributed by atoms with Crippen LogP contribution in [0.3, 0.4) is 0 Å². The van der Waals surface area contributed by atoms with Crippen molar-refractivity contribution in [3.05, 3.63) is 66.3 Å². The Bertz CT molecular complexity index is 1120. The highest BCUT2D eigenvalue weighted by Gasteiger charge is 2.41. The van der Waals surface area contributed by atoms with Crippen LogP contribution in [-0.4, -0.2) is 67.9 Å². The van der Waals surface area contributed by atoms with Crippen LogP contribution in [0.15, 0.2) is 49.1 Å². The van der Waals surface area contributed by atoms with Gasteiger partial charge in [-0.25, -0.2) is 9.97 Å². The van der Waals surface area contributed by atoms with Gasteiger partial charge in [-0.1, -0.05) is 31.4 Å². The highest BCUT2D eigenvalue weighted by atomic mass is 16.1.